The van der Waals surface area contributed by atoms with E-state index in [1.807, 2.05) is 32.5 Å². The van der Waals surface area contributed by atoms with Crippen LogP contribution in [-0.4, -0.2) is 45.4 Å². The number of hydrogen-bond acceptors (Lipinski definition) is 4. The van der Waals surface area contributed by atoms with Gasteiger partial charge in [-0.1, -0.05) is 0 Å². The number of nitrogens with zero attached hydrogens (tertiary/aromatic N) is 4. The lowest BCUT2D eigenvalue weighted by Crippen LogP contribution is -2.37. The number of nitrogens with one attached hydrogen (secondary N) is 2. The third-order valence-corrected chi connectivity index (χ3v) is 3.95. The van der Waals surface area contributed by atoms with Crippen LogP contribution in [0.2, 0.25) is 0 Å². The number of amides is 2. The number of carbonyl (C=O) groups is 1. The van der Waals surface area contributed by atoms with Crippen molar-refractivity contribution in [1.29, 1.82) is 0 Å². The minimum absolute atomic E-state index is 0.0119. The van der Waals surface area contributed by atoms with Crippen LogP contribution in [0.15, 0.2) is 12.3 Å². The van der Waals surface area contributed by atoms with Gasteiger partial charge in [-0.15, -0.1) is 0 Å². The van der Waals surface area contributed by atoms with Gasteiger partial charge in [0, 0.05) is 38.2 Å². The summed E-state index contributed by atoms with van der Waals surface area (Å²) in [6.07, 6.45) is 2.54. The van der Waals surface area contributed by atoms with E-state index in [-0.39, 0.29) is 12.1 Å². The highest BCUT2D eigenvalue weighted by Gasteiger charge is 2.15. The van der Waals surface area contributed by atoms with Gasteiger partial charge in [-0.3, -0.25) is 14.7 Å². The topological polar surface area (TPSA) is 86.0 Å². The van der Waals surface area contributed by atoms with E-state index in [9.17, 15) is 4.79 Å². The summed E-state index contributed by atoms with van der Waals surface area (Å²) >= 11 is 0. The van der Waals surface area contributed by atoms with Gasteiger partial charge in [-0.25, -0.2) is 4.79 Å². The molecule has 2 aromatic heterocycles. The predicted octanol–water partition coefficient (Wildman–Crippen LogP) is 1.63. The quantitative estimate of drug-likeness (QED) is 0.806. The molecule has 132 valence electrons. The Morgan fingerprint density at radius 2 is 2.12 bits per heavy atom. The van der Waals surface area contributed by atoms with E-state index in [1.54, 1.807) is 24.1 Å². The Kier molecular flexibility index (Phi) is 5.97. The van der Waals surface area contributed by atoms with E-state index in [4.69, 9.17) is 4.74 Å². The smallest absolute Gasteiger partial charge is 0.320 e. The zero-order chi connectivity index (χ0) is 17.7. The Morgan fingerprint density at radius 3 is 2.75 bits per heavy atom. The van der Waals surface area contributed by atoms with Crippen molar-refractivity contribution in [3.05, 3.63) is 29.2 Å². The second-order valence-corrected chi connectivity index (χ2v) is 5.93. The maximum atomic E-state index is 12.1. The predicted molar refractivity (Wildman–Crippen MR) is 92.1 cm³/mol. The van der Waals surface area contributed by atoms with Gasteiger partial charge in [0.25, 0.3) is 0 Å². The number of carbonyl (C=O) groups excluding carboxylic acids is 1. The zero-order valence-corrected chi connectivity index (χ0v) is 15.0. The normalized spacial score (nSPS) is 12.2. The Morgan fingerprint density at radius 1 is 1.38 bits per heavy atom. The number of ether oxygens (including phenoxy) is 1. The van der Waals surface area contributed by atoms with E-state index in [0.717, 1.165) is 17.8 Å². The molecule has 1 atom stereocenters. The van der Waals surface area contributed by atoms with E-state index in [2.05, 4.69) is 20.8 Å². The maximum absolute atomic E-state index is 12.1. The summed E-state index contributed by atoms with van der Waals surface area (Å²) in [5, 5.41) is 14.3. The monoisotopic (exact) mass is 334 g/mol. The molecule has 2 amide bonds. The largest absolute Gasteiger partial charge is 0.383 e. The molecule has 0 aliphatic rings. The molecular weight excluding hydrogens is 308 g/mol. The second kappa shape index (κ2) is 7.96. The number of urea groups is 1. The molecule has 0 bridgehead atoms. The molecule has 0 aromatic carbocycles. The number of aromatic nitrogens is 4. The maximum Gasteiger partial charge on any atom is 0.320 e. The Hall–Kier alpha value is -2.35. The molecule has 0 saturated carbocycles. The highest BCUT2D eigenvalue weighted by molar-refractivity contribution is 5.88. The third kappa shape index (κ3) is 4.58. The van der Waals surface area contributed by atoms with Crippen LogP contribution in [0.3, 0.4) is 0 Å². The van der Waals surface area contributed by atoms with E-state index >= 15 is 0 Å². The van der Waals surface area contributed by atoms with Crippen molar-refractivity contribution in [1.82, 2.24) is 24.9 Å². The van der Waals surface area contributed by atoms with Crippen LogP contribution in [0.5, 0.6) is 0 Å². The summed E-state index contributed by atoms with van der Waals surface area (Å²) in [7, 11) is 3.57. The molecule has 0 unspecified atom stereocenters. The van der Waals surface area contributed by atoms with Gasteiger partial charge in [-0.05, 0) is 32.8 Å². The first-order valence-corrected chi connectivity index (χ1v) is 7.99. The Labute approximate surface area is 142 Å². The average molecular weight is 334 g/mol. The Bertz CT molecular complexity index is 691. The molecular formula is C16H26N6O2. The van der Waals surface area contributed by atoms with Crippen LogP contribution in [0.4, 0.5) is 10.6 Å². The van der Waals surface area contributed by atoms with Crippen LogP contribution >= 0.6 is 0 Å². The SMILES string of the molecule is COCCn1ccc(NC(=O)N[C@@H](C)Cc2c(C)nn(C)c2C)n1. The molecule has 0 radical (unpaired) electrons. The Balaban J connectivity index is 1.86. The first kappa shape index (κ1) is 18.0. The van der Waals surface area contributed by atoms with Crippen LogP contribution in [0, 0.1) is 13.8 Å². The molecule has 0 saturated heterocycles. The van der Waals surface area contributed by atoms with Crippen molar-refractivity contribution in [2.45, 2.75) is 39.8 Å². The second-order valence-electron chi connectivity index (χ2n) is 5.93. The lowest BCUT2D eigenvalue weighted by atomic mass is 10.1. The number of hydrogen-bond donors (Lipinski definition) is 2. The van der Waals surface area contributed by atoms with Crippen LogP contribution in [-0.2, 0) is 24.8 Å². The molecule has 8 heteroatoms. The molecule has 2 rings (SSSR count). The van der Waals surface area contributed by atoms with Crippen molar-refractivity contribution >= 4 is 11.8 Å². The highest BCUT2D eigenvalue weighted by Crippen LogP contribution is 2.14. The van der Waals surface area contributed by atoms with Gasteiger partial charge in [0.15, 0.2) is 5.82 Å². The molecule has 0 aliphatic carbocycles. The van der Waals surface area contributed by atoms with Gasteiger partial charge >= 0.3 is 6.03 Å². The van der Waals surface area contributed by atoms with Crippen LogP contribution in [0.1, 0.15) is 23.9 Å². The minimum Gasteiger partial charge on any atom is -0.383 e. The summed E-state index contributed by atoms with van der Waals surface area (Å²) < 4.78 is 8.59. The fraction of sp³-hybridized carbons (Fsp3) is 0.562. The van der Waals surface area contributed by atoms with Gasteiger partial charge in [-0.2, -0.15) is 10.2 Å². The molecule has 2 heterocycles. The molecule has 0 aliphatic heterocycles. The number of aryl methyl sites for hydroxylation is 2. The molecule has 0 spiro atoms. The van der Waals surface area contributed by atoms with E-state index in [0.29, 0.717) is 19.0 Å². The van der Waals surface area contributed by atoms with Crippen LogP contribution in [0.25, 0.3) is 0 Å². The van der Waals surface area contributed by atoms with Crippen molar-refractivity contribution in [3.8, 4) is 0 Å². The first-order valence-electron chi connectivity index (χ1n) is 7.99. The van der Waals surface area contributed by atoms with Crippen LogP contribution < -0.4 is 10.6 Å². The van der Waals surface area contributed by atoms with Crippen molar-refractivity contribution in [2.24, 2.45) is 7.05 Å². The van der Waals surface area contributed by atoms with Gasteiger partial charge in [0.05, 0.1) is 18.8 Å². The zero-order valence-electron chi connectivity index (χ0n) is 15.0. The van der Waals surface area contributed by atoms with Gasteiger partial charge in [0.1, 0.15) is 0 Å². The first-order chi connectivity index (χ1) is 11.4. The number of methoxy groups -OCH3 is 1. The lowest BCUT2D eigenvalue weighted by molar-refractivity contribution is 0.183. The fourth-order valence-corrected chi connectivity index (χ4v) is 2.58. The van der Waals surface area contributed by atoms with Gasteiger partial charge < -0.3 is 10.1 Å². The summed E-state index contributed by atoms with van der Waals surface area (Å²) in [4.78, 5) is 12.1. The van der Waals surface area contributed by atoms with Gasteiger partial charge in [0.2, 0.25) is 0 Å². The summed E-state index contributed by atoms with van der Waals surface area (Å²) in [5.74, 6) is 0.518. The lowest BCUT2D eigenvalue weighted by Gasteiger charge is -2.14. The number of anilines is 1. The summed E-state index contributed by atoms with van der Waals surface area (Å²) in [5.41, 5.74) is 3.30. The van der Waals surface area contributed by atoms with Crippen molar-refractivity contribution in [3.63, 3.8) is 0 Å². The highest BCUT2D eigenvalue weighted by atomic mass is 16.5. The molecule has 2 N–H and O–H groups in total. The molecule has 8 nitrogen and oxygen atoms in total. The fourth-order valence-electron chi connectivity index (χ4n) is 2.58. The summed E-state index contributed by atoms with van der Waals surface area (Å²) in [6.45, 7) is 7.23. The van der Waals surface area contributed by atoms with E-state index in [1.165, 1.54) is 5.56 Å². The summed E-state index contributed by atoms with van der Waals surface area (Å²) in [6, 6.07) is 1.48. The number of rotatable bonds is 7. The minimum atomic E-state index is -0.265. The van der Waals surface area contributed by atoms with Crippen molar-refractivity contribution in [2.75, 3.05) is 19.0 Å². The molecule has 2 aromatic rings. The average Bonchev–Trinajstić information content (AvgIpc) is 3.05. The molecule has 0 fully saturated rings. The third-order valence-electron chi connectivity index (χ3n) is 3.95. The van der Waals surface area contributed by atoms with E-state index < -0.39 is 0 Å². The standard InChI is InChI=1S/C16H26N6O2/c1-11(10-14-12(2)19-21(4)13(14)3)17-16(23)18-15-6-7-22(20-15)8-9-24-5/h6-7,11H,8-10H2,1-5H3,(H2,17,18,20,23)/t11-/m0/s1. The molecule has 24 heavy (non-hydrogen) atoms. The van der Waals surface area contributed by atoms with Crippen molar-refractivity contribution < 1.29 is 9.53 Å².